The molecule has 3 rings (SSSR count). The van der Waals surface area contributed by atoms with Crippen LogP contribution in [-0.4, -0.2) is 5.91 Å². The number of hydrogen-bond acceptors (Lipinski definition) is 2. The summed E-state index contributed by atoms with van der Waals surface area (Å²) in [5.41, 5.74) is 1.22. The Labute approximate surface area is 107 Å². The molecule has 0 aliphatic carbocycles. The van der Waals surface area contributed by atoms with Crippen LogP contribution in [0, 0.1) is 0 Å². The second-order valence-electron chi connectivity index (χ2n) is 3.69. The van der Waals surface area contributed by atoms with E-state index < -0.39 is 0 Å². The van der Waals surface area contributed by atoms with Crippen LogP contribution in [0.5, 0.6) is 11.5 Å². The van der Waals surface area contributed by atoms with Gasteiger partial charge in [-0.2, -0.15) is 0 Å². The molecular formula is C13H8BrNO2. The second-order valence-corrected chi connectivity index (χ2v) is 4.61. The van der Waals surface area contributed by atoms with Crippen molar-refractivity contribution in [3.8, 4) is 11.5 Å². The SMILES string of the molecule is O=C1Nc2ccccc2Oc2cc(Br)ccc21. The minimum Gasteiger partial charge on any atom is -0.454 e. The molecule has 0 unspecified atom stereocenters. The van der Waals surface area contributed by atoms with Crippen LogP contribution in [0.2, 0.25) is 0 Å². The molecule has 1 N–H and O–H groups in total. The summed E-state index contributed by atoms with van der Waals surface area (Å²) in [6.45, 7) is 0. The highest BCUT2D eigenvalue weighted by molar-refractivity contribution is 9.10. The van der Waals surface area contributed by atoms with E-state index in [1.165, 1.54) is 0 Å². The number of para-hydroxylation sites is 2. The fraction of sp³-hybridized carbons (Fsp3) is 0. The standard InChI is InChI=1S/C13H8BrNO2/c14-8-5-6-9-12(7-8)17-11-4-2-1-3-10(11)15-13(9)16/h1-7H,(H,15,16). The molecule has 4 heteroatoms. The van der Waals surface area contributed by atoms with Crippen LogP contribution in [0.3, 0.4) is 0 Å². The van der Waals surface area contributed by atoms with Crippen molar-refractivity contribution in [2.24, 2.45) is 0 Å². The van der Waals surface area contributed by atoms with Gasteiger partial charge in [0, 0.05) is 4.47 Å². The van der Waals surface area contributed by atoms with Crippen molar-refractivity contribution in [2.75, 3.05) is 5.32 Å². The summed E-state index contributed by atoms with van der Waals surface area (Å²) in [7, 11) is 0. The Hall–Kier alpha value is -1.81. The van der Waals surface area contributed by atoms with Gasteiger partial charge >= 0.3 is 0 Å². The van der Waals surface area contributed by atoms with Gasteiger partial charge in [-0.15, -0.1) is 0 Å². The van der Waals surface area contributed by atoms with E-state index in [0.29, 0.717) is 22.7 Å². The Kier molecular flexibility index (Phi) is 2.37. The van der Waals surface area contributed by atoms with Gasteiger partial charge in [0.2, 0.25) is 0 Å². The van der Waals surface area contributed by atoms with E-state index >= 15 is 0 Å². The molecule has 0 spiro atoms. The average molecular weight is 290 g/mol. The van der Waals surface area contributed by atoms with Gasteiger partial charge in [0.25, 0.3) is 5.91 Å². The van der Waals surface area contributed by atoms with Crippen LogP contribution >= 0.6 is 15.9 Å². The highest BCUT2D eigenvalue weighted by atomic mass is 79.9. The highest BCUT2D eigenvalue weighted by Gasteiger charge is 2.20. The molecular weight excluding hydrogens is 282 g/mol. The summed E-state index contributed by atoms with van der Waals surface area (Å²) < 4.78 is 6.62. The second kappa shape index (κ2) is 3.89. The molecule has 0 aromatic heterocycles. The Morgan fingerprint density at radius 1 is 1.06 bits per heavy atom. The lowest BCUT2D eigenvalue weighted by atomic mass is 10.2. The summed E-state index contributed by atoms with van der Waals surface area (Å²) in [5.74, 6) is 1.05. The molecule has 0 radical (unpaired) electrons. The van der Waals surface area contributed by atoms with Gasteiger partial charge in [-0.05, 0) is 30.3 Å². The van der Waals surface area contributed by atoms with E-state index in [9.17, 15) is 4.79 Å². The van der Waals surface area contributed by atoms with Crippen LogP contribution in [0.4, 0.5) is 5.69 Å². The van der Waals surface area contributed by atoms with Crippen molar-refractivity contribution < 1.29 is 9.53 Å². The third kappa shape index (κ3) is 1.80. The third-order valence-corrected chi connectivity index (χ3v) is 3.04. The van der Waals surface area contributed by atoms with Crippen LogP contribution in [0.25, 0.3) is 0 Å². The van der Waals surface area contributed by atoms with Crippen molar-refractivity contribution in [3.05, 3.63) is 52.5 Å². The first kappa shape index (κ1) is 10.4. The summed E-state index contributed by atoms with van der Waals surface area (Å²) >= 11 is 3.36. The molecule has 0 saturated heterocycles. The zero-order chi connectivity index (χ0) is 11.8. The van der Waals surface area contributed by atoms with Gasteiger partial charge in [-0.3, -0.25) is 4.79 Å². The number of hydrogen-bond donors (Lipinski definition) is 1. The molecule has 2 aromatic rings. The van der Waals surface area contributed by atoms with Crippen molar-refractivity contribution >= 4 is 27.5 Å². The lowest BCUT2D eigenvalue weighted by molar-refractivity contribution is 0.102. The highest BCUT2D eigenvalue weighted by Crippen LogP contribution is 2.36. The van der Waals surface area contributed by atoms with Crippen LogP contribution in [0.1, 0.15) is 10.4 Å². The van der Waals surface area contributed by atoms with E-state index in [1.54, 1.807) is 12.1 Å². The quantitative estimate of drug-likeness (QED) is 0.801. The molecule has 84 valence electrons. The van der Waals surface area contributed by atoms with E-state index in [0.717, 1.165) is 4.47 Å². The van der Waals surface area contributed by atoms with Crippen LogP contribution in [0.15, 0.2) is 46.9 Å². The molecule has 0 atom stereocenters. The minimum absolute atomic E-state index is 0.155. The van der Waals surface area contributed by atoms with Gasteiger partial charge < -0.3 is 10.1 Å². The monoisotopic (exact) mass is 289 g/mol. The topological polar surface area (TPSA) is 38.3 Å². The molecule has 1 aliphatic heterocycles. The summed E-state index contributed by atoms with van der Waals surface area (Å²) in [6.07, 6.45) is 0. The number of carbonyl (C=O) groups is 1. The predicted octanol–water partition coefficient (Wildman–Crippen LogP) is 3.81. The van der Waals surface area contributed by atoms with E-state index in [1.807, 2.05) is 30.3 Å². The first-order chi connectivity index (χ1) is 8.24. The Morgan fingerprint density at radius 3 is 2.76 bits per heavy atom. The average Bonchev–Trinajstić information content (AvgIpc) is 2.44. The van der Waals surface area contributed by atoms with E-state index in [-0.39, 0.29) is 5.91 Å². The number of carbonyl (C=O) groups excluding carboxylic acids is 1. The molecule has 3 nitrogen and oxygen atoms in total. The molecule has 1 aliphatic rings. The van der Waals surface area contributed by atoms with Crippen molar-refractivity contribution in [3.63, 3.8) is 0 Å². The van der Waals surface area contributed by atoms with Crippen molar-refractivity contribution in [1.29, 1.82) is 0 Å². The molecule has 17 heavy (non-hydrogen) atoms. The predicted molar refractivity (Wildman–Crippen MR) is 68.6 cm³/mol. The molecule has 0 saturated carbocycles. The number of ether oxygens (including phenoxy) is 1. The van der Waals surface area contributed by atoms with E-state index in [2.05, 4.69) is 21.2 Å². The smallest absolute Gasteiger partial charge is 0.259 e. The number of anilines is 1. The Bertz CT molecular complexity index is 610. The number of benzene rings is 2. The summed E-state index contributed by atoms with van der Waals surface area (Å²) in [5, 5.41) is 2.82. The van der Waals surface area contributed by atoms with Crippen molar-refractivity contribution in [2.45, 2.75) is 0 Å². The number of nitrogens with one attached hydrogen (secondary N) is 1. The Morgan fingerprint density at radius 2 is 1.88 bits per heavy atom. The Balaban J connectivity index is 2.18. The fourth-order valence-corrected chi connectivity index (χ4v) is 2.08. The molecule has 2 aromatic carbocycles. The van der Waals surface area contributed by atoms with Gasteiger partial charge in [-0.1, -0.05) is 28.1 Å². The lowest BCUT2D eigenvalue weighted by Crippen LogP contribution is -2.10. The van der Waals surface area contributed by atoms with Gasteiger partial charge in [-0.25, -0.2) is 0 Å². The zero-order valence-electron chi connectivity index (χ0n) is 8.74. The van der Waals surface area contributed by atoms with Gasteiger partial charge in [0.1, 0.15) is 5.75 Å². The first-order valence-electron chi connectivity index (χ1n) is 5.12. The number of fused-ring (bicyclic) bond motifs is 2. The molecule has 1 heterocycles. The van der Waals surface area contributed by atoms with Gasteiger partial charge in [0.05, 0.1) is 11.3 Å². The molecule has 1 amide bonds. The van der Waals surface area contributed by atoms with Crippen LogP contribution < -0.4 is 10.1 Å². The summed E-state index contributed by atoms with van der Waals surface area (Å²) in [4.78, 5) is 12.0. The number of halogens is 1. The number of amides is 1. The molecule has 0 bridgehead atoms. The molecule has 0 fully saturated rings. The number of rotatable bonds is 0. The summed E-state index contributed by atoms with van der Waals surface area (Å²) in [6, 6.07) is 12.7. The largest absolute Gasteiger partial charge is 0.454 e. The first-order valence-corrected chi connectivity index (χ1v) is 5.91. The maximum Gasteiger partial charge on any atom is 0.259 e. The van der Waals surface area contributed by atoms with Crippen molar-refractivity contribution in [1.82, 2.24) is 0 Å². The fourth-order valence-electron chi connectivity index (χ4n) is 1.74. The minimum atomic E-state index is -0.155. The zero-order valence-corrected chi connectivity index (χ0v) is 10.3. The normalized spacial score (nSPS) is 12.9. The van der Waals surface area contributed by atoms with E-state index in [4.69, 9.17) is 4.74 Å². The van der Waals surface area contributed by atoms with Crippen LogP contribution in [-0.2, 0) is 0 Å². The maximum atomic E-state index is 12.0. The lowest BCUT2D eigenvalue weighted by Gasteiger charge is -2.06. The third-order valence-electron chi connectivity index (χ3n) is 2.54. The van der Waals surface area contributed by atoms with Gasteiger partial charge in [0.15, 0.2) is 5.75 Å². The maximum absolute atomic E-state index is 12.0.